The second-order valence-corrected chi connectivity index (χ2v) is 4.75. The van der Waals surface area contributed by atoms with Crippen molar-refractivity contribution in [2.24, 2.45) is 5.10 Å². The van der Waals surface area contributed by atoms with Gasteiger partial charge in [-0.2, -0.15) is 5.10 Å². The molecule has 0 atom stereocenters. The molecule has 6 heteroatoms. The largest absolute Gasteiger partial charge is 0.455 e. The molecular weight excluding hydrogens is 294 g/mol. The second kappa shape index (κ2) is 6.57. The minimum atomic E-state index is -0.432. The molecule has 0 aliphatic rings. The molecule has 0 saturated heterocycles. The van der Waals surface area contributed by atoms with Crippen LogP contribution in [0.2, 0.25) is 0 Å². The third kappa shape index (κ3) is 3.62. The van der Waals surface area contributed by atoms with Crippen molar-refractivity contribution in [2.45, 2.75) is 0 Å². The van der Waals surface area contributed by atoms with Crippen molar-refractivity contribution in [3.8, 4) is 11.3 Å². The molecule has 3 rings (SSSR count). The lowest BCUT2D eigenvalue weighted by molar-refractivity contribution is -0.384. The molecule has 0 spiro atoms. The predicted molar refractivity (Wildman–Crippen MR) is 88.5 cm³/mol. The van der Waals surface area contributed by atoms with Crippen LogP contribution in [0.4, 0.5) is 11.4 Å². The van der Waals surface area contributed by atoms with Crippen molar-refractivity contribution >= 4 is 17.6 Å². The van der Waals surface area contributed by atoms with Gasteiger partial charge in [0.2, 0.25) is 0 Å². The quantitative estimate of drug-likeness (QED) is 0.433. The molecule has 1 N–H and O–H groups in total. The molecule has 0 fully saturated rings. The number of benzene rings is 2. The van der Waals surface area contributed by atoms with Gasteiger partial charge in [-0.3, -0.25) is 15.5 Å². The fourth-order valence-electron chi connectivity index (χ4n) is 2.03. The lowest BCUT2D eigenvalue weighted by Gasteiger charge is -1.98. The van der Waals surface area contributed by atoms with Gasteiger partial charge in [0.1, 0.15) is 11.5 Å². The Kier molecular flexibility index (Phi) is 4.15. The maximum absolute atomic E-state index is 10.8. The fraction of sp³-hybridized carbons (Fsp3) is 0. The van der Waals surface area contributed by atoms with Crippen LogP contribution in [0.15, 0.2) is 76.2 Å². The van der Waals surface area contributed by atoms with Crippen LogP contribution in [0.1, 0.15) is 5.76 Å². The monoisotopic (exact) mass is 307 g/mol. The van der Waals surface area contributed by atoms with Crippen LogP contribution < -0.4 is 5.43 Å². The van der Waals surface area contributed by atoms with Crippen LogP contribution in [0.5, 0.6) is 0 Å². The minimum absolute atomic E-state index is 0.0276. The number of hydrogen-bond acceptors (Lipinski definition) is 5. The molecule has 3 aromatic rings. The number of nitrogens with one attached hydrogen (secondary N) is 1. The molecule has 23 heavy (non-hydrogen) atoms. The average molecular weight is 307 g/mol. The maximum Gasteiger partial charge on any atom is 0.270 e. The molecule has 0 radical (unpaired) electrons. The topological polar surface area (TPSA) is 80.7 Å². The normalized spacial score (nSPS) is 10.8. The van der Waals surface area contributed by atoms with E-state index >= 15 is 0 Å². The summed E-state index contributed by atoms with van der Waals surface area (Å²) in [5.74, 6) is 1.10. The van der Waals surface area contributed by atoms with E-state index in [2.05, 4.69) is 10.5 Å². The van der Waals surface area contributed by atoms with Crippen LogP contribution in [0.3, 0.4) is 0 Å². The van der Waals surface area contributed by atoms with E-state index in [0.717, 1.165) is 5.69 Å². The van der Waals surface area contributed by atoms with E-state index in [1.165, 1.54) is 12.1 Å². The van der Waals surface area contributed by atoms with E-state index in [1.54, 1.807) is 30.5 Å². The number of hydrazone groups is 1. The summed E-state index contributed by atoms with van der Waals surface area (Å²) in [5.41, 5.74) is 4.43. The molecule has 0 saturated carbocycles. The number of nitro benzene ring substituents is 1. The number of rotatable bonds is 5. The van der Waals surface area contributed by atoms with Gasteiger partial charge in [0, 0.05) is 17.7 Å². The van der Waals surface area contributed by atoms with E-state index in [0.29, 0.717) is 17.1 Å². The number of furan rings is 1. The highest BCUT2D eigenvalue weighted by Gasteiger charge is 2.09. The molecule has 1 aromatic heterocycles. The minimum Gasteiger partial charge on any atom is -0.455 e. The van der Waals surface area contributed by atoms with Crippen LogP contribution in [-0.2, 0) is 0 Å². The van der Waals surface area contributed by atoms with Crippen molar-refractivity contribution < 1.29 is 9.34 Å². The first-order chi connectivity index (χ1) is 11.2. The Balaban J connectivity index is 1.73. The molecule has 0 unspecified atom stereocenters. The molecule has 0 aliphatic carbocycles. The first-order valence-corrected chi connectivity index (χ1v) is 6.91. The van der Waals surface area contributed by atoms with Crippen LogP contribution >= 0.6 is 0 Å². The maximum atomic E-state index is 10.8. The van der Waals surface area contributed by atoms with Gasteiger partial charge in [0.25, 0.3) is 5.69 Å². The number of non-ortho nitro benzene ring substituents is 1. The third-order valence-electron chi connectivity index (χ3n) is 3.13. The van der Waals surface area contributed by atoms with Gasteiger partial charge in [0.05, 0.1) is 16.8 Å². The highest BCUT2D eigenvalue weighted by Crippen LogP contribution is 2.25. The van der Waals surface area contributed by atoms with Crippen LogP contribution in [-0.4, -0.2) is 11.1 Å². The summed E-state index contributed by atoms with van der Waals surface area (Å²) in [6, 6.07) is 19.3. The molecule has 0 amide bonds. The zero-order valence-electron chi connectivity index (χ0n) is 12.0. The molecule has 1 heterocycles. The van der Waals surface area contributed by atoms with E-state index in [4.69, 9.17) is 4.42 Å². The smallest absolute Gasteiger partial charge is 0.270 e. The Hall–Kier alpha value is -3.41. The molecule has 0 aliphatic heterocycles. The molecule has 0 bridgehead atoms. The number of para-hydroxylation sites is 1. The summed E-state index contributed by atoms with van der Waals surface area (Å²) in [5, 5.41) is 14.9. The number of nitrogens with zero attached hydrogens (tertiary/aromatic N) is 2. The fourth-order valence-corrected chi connectivity index (χ4v) is 2.03. The Morgan fingerprint density at radius 2 is 1.87 bits per heavy atom. The lowest BCUT2D eigenvalue weighted by Crippen LogP contribution is -1.88. The third-order valence-corrected chi connectivity index (χ3v) is 3.13. The second-order valence-electron chi connectivity index (χ2n) is 4.75. The van der Waals surface area contributed by atoms with Crippen molar-refractivity contribution in [3.05, 3.63) is 82.6 Å². The summed E-state index contributed by atoms with van der Waals surface area (Å²) in [6.45, 7) is 0. The van der Waals surface area contributed by atoms with Crippen molar-refractivity contribution in [2.75, 3.05) is 5.43 Å². The Morgan fingerprint density at radius 3 is 2.65 bits per heavy atom. The van der Waals surface area contributed by atoms with Crippen molar-refractivity contribution in [3.63, 3.8) is 0 Å². The number of nitro groups is 1. The van der Waals surface area contributed by atoms with Gasteiger partial charge in [-0.05, 0) is 24.3 Å². The van der Waals surface area contributed by atoms with Gasteiger partial charge in [-0.1, -0.05) is 30.3 Å². The molecule has 2 aromatic carbocycles. The van der Waals surface area contributed by atoms with Gasteiger partial charge < -0.3 is 4.42 Å². The standard InChI is InChI=1S/C17H13N3O3/c21-20(22)15-8-4-5-13(11-15)17-10-9-16(23-17)12-18-19-14-6-2-1-3-7-14/h1-12,19H. The van der Waals surface area contributed by atoms with E-state index in [-0.39, 0.29) is 5.69 Å². The summed E-state index contributed by atoms with van der Waals surface area (Å²) >= 11 is 0. The van der Waals surface area contributed by atoms with Crippen molar-refractivity contribution in [1.82, 2.24) is 0 Å². The molecule has 114 valence electrons. The summed E-state index contributed by atoms with van der Waals surface area (Å²) in [7, 11) is 0. The first kappa shape index (κ1) is 14.5. The zero-order valence-corrected chi connectivity index (χ0v) is 12.0. The van der Waals surface area contributed by atoms with Crippen molar-refractivity contribution in [1.29, 1.82) is 0 Å². The Morgan fingerprint density at radius 1 is 1.04 bits per heavy atom. The average Bonchev–Trinajstić information content (AvgIpc) is 3.05. The molecular formula is C17H13N3O3. The SMILES string of the molecule is O=[N+]([O-])c1cccc(-c2ccc(C=NNc3ccccc3)o2)c1. The number of hydrogen-bond donors (Lipinski definition) is 1. The highest BCUT2D eigenvalue weighted by molar-refractivity contribution is 5.78. The van der Waals surface area contributed by atoms with Gasteiger partial charge in [0.15, 0.2) is 0 Å². The van der Waals surface area contributed by atoms with E-state index in [9.17, 15) is 10.1 Å². The summed E-state index contributed by atoms with van der Waals surface area (Å²) in [6.07, 6.45) is 1.55. The predicted octanol–water partition coefficient (Wildman–Crippen LogP) is 4.30. The summed E-state index contributed by atoms with van der Waals surface area (Å²) < 4.78 is 5.63. The van der Waals surface area contributed by atoms with Gasteiger partial charge in [-0.15, -0.1) is 0 Å². The summed E-state index contributed by atoms with van der Waals surface area (Å²) in [4.78, 5) is 10.4. The zero-order chi connectivity index (χ0) is 16.1. The number of anilines is 1. The van der Waals surface area contributed by atoms with E-state index < -0.39 is 4.92 Å². The molecule has 6 nitrogen and oxygen atoms in total. The Labute approximate surface area is 132 Å². The van der Waals surface area contributed by atoms with Gasteiger partial charge in [-0.25, -0.2) is 0 Å². The lowest BCUT2D eigenvalue weighted by atomic mass is 10.1. The van der Waals surface area contributed by atoms with E-state index in [1.807, 2.05) is 30.3 Å². The Bertz CT molecular complexity index is 841. The van der Waals surface area contributed by atoms with Gasteiger partial charge >= 0.3 is 0 Å². The highest BCUT2D eigenvalue weighted by atomic mass is 16.6. The van der Waals surface area contributed by atoms with Crippen LogP contribution in [0, 0.1) is 10.1 Å². The van der Waals surface area contributed by atoms with Crippen LogP contribution in [0.25, 0.3) is 11.3 Å². The first-order valence-electron chi connectivity index (χ1n) is 6.91.